The molecule has 142 valence electrons. The third-order valence-corrected chi connectivity index (χ3v) is 0. The Morgan fingerprint density at radius 1 is 0.579 bits per heavy atom. The van der Waals surface area contributed by atoms with E-state index in [2.05, 4.69) is 0 Å². The van der Waals surface area contributed by atoms with Crippen LogP contribution in [0, 0.1) is 0 Å². The molecule has 0 heterocycles. The van der Waals surface area contributed by atoms with Gasteiger partial charge in [-0.05, 0) is 0 Å². The van der Waals surface area contributed by atoms with Crippen LogP contribution in [-0.2, 0) is 27.8 Å². The minimum absolute atomic E-state index is 0. The fourth-order valence-corrected chi connectivity index (χ4v) is 0. The average Bonchev–Trinajstić information content (AvgIpc) is 0.722. The number of hydrogen-bond acceptors (Lipinski definition) is 3. The van der Waals surface area contributed by atoms with Crippen molar-refractivity contribution in [2.24, 2.45) is 0 Å². The Hall–Kier alpha value is -0.118. The van der Waals surface area contributed by atoms with Crippen molar-refractivity contribution in [3.05, 3.63) is 0 Å². The Kier molecular flexibility index (Phi) is 3110. The summed E-state index contributed by atoms with van der Waals surface area (Å²) in [5.74, 6) is 0. The summed E-state index contributed by atoms with van der Waals surface area (Å²) in [6.45, 7) is 0. The van der Waals surface area contributed by atoms with E-state index in [1.54, 1.807) is 0 Å². The maximum atomic E-state index is 8.63. The molecule has 0 bridgehead atoms. The van der Waals surface area contributed by atoms with Crippen molar-refractivity contribution in [3.8, 4) is 0 Å². The van der Waals surface area contributed by atoms with E-state index in [0.717, 1.165) is 0 Å². The summed E-state index contributed by atoms with van der Waals surface area (Å²) < 4.78 is 32.8. The van der Waals surface area contributed by atoms with E-state index < -0.39 is 10.4 Å². The molecular formula is H29CrNO16S. The predicted octanol–water partition coefficient (Wildman–Crippen LogP) is -10.5. The second-order valence-corrected chi connectivity index (χ2v) is 1.28. The van der Waals surface area contributed by atoms with Gasteiger partial charge in [0.1, 0.15) is 0 Å². The number of quaternary nitrogens is 1. The van der Waals surface area contributed by atoms with Gasteiger partial charge in [0.15, 0.2) is 0 Å². The molecule has 19 heavy (non-hydrogen) atoms. The van der Waals surface area contributed by atoms with E-state index in [9.17, 15) is 0 Å². The first-order valence-corrected chi connectivity index (χ1v) is 2.05. The minimum atomic E-state index is -4.92. The molecule has 0 aromatic heterocycles. The zero-order valence-electron chi connectivity index (χ0n) is 9.49. The zero-order chi connectivity index (χ0) is 4.50. The average molecular weight is 383 g/mol. The van der Waals surface area contributed by atoms with Crippen LogP contribution in [0.4, 0.5) is 0 Å². The van der Waals surface area contributed by atoms with Gasteiger partial charge < -0.3 is 76.4 Å². The molecule has 0 rings (SSSR count). The molecule has 19 heteroatoms. The van der Waals surface area contributed by atoms with Crippen LogP contribution in [0.2, 0.25) is 0 Å². The normalized spacial score (nSPS) is 3.05. The van der Waals surface area contributed by atoms with Gasteiger partial charge in [0.2, 0.25) is 10.4 Å². The molecule has 0 aliphatic carbocycles. The topological polar surface area (TPSA) is 492 Å². The van der Waals surface area contributed by atoms with Gasteiger partial charge in [-0.15, -0.1) is 0 Å². The van der Waals surface area contributed by atoms with Crippen molar-refractivity contribution in [2.75, 3.05) is 0 Å². The monoisotopic (exact) mass is 383 g/mol. The fourth-order valence-electron chi connectivity index (χ4n) is 0. The van der Waals surface area contributed by atoms with Crippen LogP contribution in [0.15, 0.2) is 0 Å². The second kappa shape index (κ2) is 147. The van der Waals surface area contributed by atoms with E-state index in [4.69, 9.17) is 17.5 Å². The SMILES string of the molecule is O.O.O.O.O.O.O.O.O.O.O.O.O=S(=O)([O-])O.[Cr].[NH4+]. The molecule has 0 saturated carbocycles. The molecule has 0 aromatic rings. The van der Waals surface area contributed by atoms with Crippen LogP contribution in [0.1, 0.15) is 0 Å². The van der Waals surface area contributed by atoms with E-state index in [0.29, 0.717) is 0 Å². The van der Waals surface area contributed by atoms with E-state index in [1.807, 2.05) is 0 Å². The van der Waals surface area contributed by atoms with Gasteiger partial charge in [-0.25, -0.2) is 8.42 Å². The Balaban J connectivity index is -0.000000000879. The molecule has 29 N–H and O–H groups in total. The molecule has 0 radical (unpaired) electrons. The van der Waals surface area contributed by atoms with Crippen molar-refractivity contribution in [1.82, 2.24) is 6.15 Å². The van der Waals surface area contributed by atoms with Crippen molar-refractivity contribution in [2.45, 2.75) is 0 Å². The third kappa shape index (κ3) is 327000. The molecule has 0 fully saturated rings. The summed E-state index contributed by atoms with van der Waals surface area (Å²) in [6, 6.07) is 0. The Morgan fingerprint density at radius 3 is 0.579 bits per heavy atom. The summed E-state index contributed by atoms with van der Waals surface area (Å²) in [5, 5.41) is 0. The summed E-state index contributed by atoms with van der Waals surface area (Å²) in [4.78, 5) is 0. The first-order valence-electron chi connectivity index (χ1n) is 0.683. The van der Waals surface area contributed by atoms with Crippen molar-refractivity contribution in [3.63, 3.8) is 0 Å². The van der Waals surface area contributed by atoms with Crippen LogP contribution in [0.25, 0.3) is 0 Å². The molecule has 0 amide bonds. The first-order chi connectivity index (χ1) is 2.00. The van der Waals surface area contributed by atoms with Crippen LogP contribution in [0.5, 0.6) is 0 Å². The largest absolute Gasteiger partial charge is 0.726 e. The van der Waals surface area contributed by atoms with Gasteiger partial charge in [0, 0.05) is 17.4 Å². The summed E-state index contributed by atoms with van der Waals surface area (Å²) in [7, 11) is -4.92. The van der Waals surface area contributed by atoms with E-state index in [1.165, 1.54) is 0 Å². The van der Waals surface area contributed by atoms with Crippen LogP contribution in [-0.4, -0.2) is 83.2 Å². The molecule has 0 saturated heterocycles. The summed E-state index contributed by atoms with van der Waals surface area (Å²) in [5.41, 5.74) is 0. The number of hydrogen-bond donors (Lipinski definition) is 2. The van der Waals surface area contributed by atoms with Crippen molar-refractivity contribution >= 4 is 10.4 Å². The molecule has 0 aliphatic rings. The molecule has 0 aromatic carbocycles. The Bertz CT molecular complexity index is 99.9. The molecule has 0 unspecified atom stereocenters. The number of rotatable bonds is 0. The quantitative estimate of drug-likeness (QED) is 0.303. The summed E-state index contributed by atoms with van der Waals surface area (Å²) in [6.07, 6.45) is 0. The maximum absolute atomic E-state index is 8.63. The predicted molar refractivity (Wildman–Crippen MR) is 61.7 cm³/mol. The Labute approximate surface area is 118 Å². The molecule has 0 aliphatic heterocycles. The van der Waals surface area contributed by atoms with Gasteiger partial charge in [-0.2, -0.15) is 0 Å². The van der Waals surface area contributed by atoms with Gasteiger partial charge in [0.05, 0.1) is 0 Å². The second-order valence-electron chi connectivity index (χ2n) is 0.428. The minimum Gasteiger partial charge on any atom is -0.726 e. The van der Waals surface area contributed by atoms with Crippen molar-refractivity contribution in [1.29, 1.82) is 0 Å². The smallest absolute Gasteiger partial charge is 0.215 e. The van der Waals surface area contributed by atoms with Crippen LogP contribution in [0.3, 0.4) is 0 Å². The zero-order valence-corrected chi connectivity index (χ0v) is 11.6. The molecule has 17 nitrogen and oxygen atoms in total. The van der Waals surface area contributed by atoms with E-state index >= 15 is 0 Å². The summed E-state index contributed by atoms with van der Waals surface area (Å²) >= 11 is 0. The van der Waals surface area contributed by atoms with Gasteiger partial charge >= 0.3 is 0 Å². The van der Waals surface area contributed by atoms with Gasteiger partial charge in [-0.3, -0.25) is 4.55 Å². The molecule has 0 atom stereocenters. The van der Waals surface area contributed by atoms with Crippen LogP contribution >= 0.6 is 0 Å². The van der Waals surface area contributed by atoms with E-state index in [-0.39, 0.29) is 89.2 Å². The fraction of sp³-hybridized carbons (Fsp3) is 0. The van der Waals surface area contributed by atoms with Gasteiger partial charge in [0.25, 0.3) is 0 Å². The Morgan fingerprint density at radius 2 is 0.579 bits per heavy atom. The molecular weight excluding hydrogens is 354 g/mol. The first kappa shape index (κ1) is 401. The maximum Gasteiger partial charge on any atom is 0.215 e. The van der Waals surface area contributed by atoms with Gasteiger partial charge in [-0.1, -0.05) is 0 Å². The van der Waals surface area contributed by atoms with Crippen molar-refractivity contribution < 1.29 is 101 Å². The molecule has 0 spiro atoms. The standard InChI is InChI=1S/Cr.H3N.H2O4S.12H2O/c;;1-5(2,3)4;;;;;;;;;;;;/h;1H3;(H2,1,2,3,4);12*1H2. The third-order valence-electron chi connectivity index (χ3n) is 0. The van der Waals surface area contributed by atoms with Crippen LogP contribution < -0.4 is 6.15 Å².